The van der Waals surface area contributed by atoms with Crippen molar-refractivity contribution >= 4 is 23.8 Å². The second-order valence-corrected chi connectivity index (χ2v) is 10.6. The molecule has 2 amide bonds. The summed E-state index contributed by atoms with van der Waals surface area (Å²) in [6.07, 6.45) is 1.11. The van der Waals surface area contributed by atoms with Crippen LogP contribution in [0.3, 0.4) is 0 Å². The normalized spacial score (nSPS) is 14.3. The van der Waals surface area contributed by atoms with E-state index in [9.17, 15) is 19.2 Å². The number of esters is 2. The Morgan fingerprint density at radius 3 is 2.00 bits per heavy atom. The van der Waals surface area contributed by atoms with Crippen LogP contribution in [0.5, 0.6) is 0 Å². The minimum absolute atomic E-state index is 0.209. The molecule has 1 aromatic rings. The highest BCUT2D eigenvalue weighted by Gasteiger charge is 2.31. The van der Waals surface area contributed by atoms with Gasteiger partial charge in [-0.1, -0.05) is 51.1 Å². The van der Waals surface area contributed by atoms with Gasteiger partial charge in [-0.3, -0.25) is 14.4 Å². The first-order valence-electron chi connectivity index (χ1n) is 11.9. The maximum Gasteiger partial charge on any atom is 0.328 e. The summed E-state index contributed by atoms with van der Waals surface area (Å²) in [6, 6.07) is 6.59. The standard InChI is InChI=1S/C26H41N3O6/c1-25(2,3)24(33)29-20(16-17-12-9-8-10-13-17)21(30)28-19(23(32)34-7)15-11-14-18(27)22(31)35-26(4,5)6/h8-10,12-13,18-20H,11,14-16,27H2,1-7H3,(H,28,30)(H,29,33)/t18?,19-,20+/m0/s1. The van der Waals surface area contributed by atoms with Crippen LogP contribution in [-0.4, -0.2) is 54.6 Å². The molecule has 1 aromatic carbocycles. The molecule has 0 radical (unpaired) electrons. The smallest absolute Gasteiger partial charge is 0.328 e. The summed E-state index contributed by atoms with van der Waals surface area (Å²) in [4.78, 5) is 50.2. The Balaban J connectivity index is 2.88. The number of carbonyl (C=O) groups excluding carboxylic acids is 4. The van der Waals surface area contributed by atoms with Crippen LogP contribution in [-0.2, 0) is 35.1 Å². The molecule has 0 fully saturated rings. The summed E-state index contributed by atoms with van der Waals surface area (Å²) in [5.41, 5.74) is 5.44. The minimum atomic E-state index is -0.955. The molecular weight excluding hydrogens is 450 g/mol. The lowest BCUT2D eigenvalue weighted by Gasteiger charge is -2.26. The molecule has 0 aliphatic rings. The molecule has 0 spiro atoms. The number of benzene rings is 1. The maximum absolute atomic E-state index is 13.2. The van der Waals surface area contributed by atoms with Crippen LogP contribution >= 0.6 is 0 Å². The van der Waals surface area contributed by atoms with E-state index in [0.29, 0.717) is 6.42 Å². The van der Waals surface area contributed by atoms with E-state index in [1.807, 2.05) is 30.3 Å². The van der Waals surface area contributed by atoms with E-state index in [4.69, 9.17) is 15.2 Å². The molecule has 0 aromatic heterocycles. The third-order valence-corrected chi connectivity index (χ3v) is 5.11. The quantitative estimate of drug-likeness (QED) is 0.404. The van der Waals surface area contributed by atoms with Gasteiger partial charge >= 0.3 is 11.9 Å². The summed E-state index contributed by atoms with van der Waals surface area (Å²) in [7, 11) is 1.23. The van der Waals surface area contributed by atoms with Crippen LogP contribution in [0.25, 0.3) is 0 Å². The zero-order valence-corrected chi connectivity index (χ0v) is 22.0. The molecule has 0 saturated carbocycles. The molecule has 0 heterocycles. The fourth-order valence-corrected chi connectivity index (χ4v) is 3.13. The topological polar surface area (TPSA) is 137 Å². The molecule has 3 atom stereocenters. The Labute approximate surface area is 208 Å². The van der Waals surface area contributed by atoms with Crippen molar-refractivity contribution in [3.05, 3.63) is 35.9 Å². The van der Waals surface area contributed by atoms with Crippen molar-refractivity contribution < 1.29 is 28.7 Å². The number of nitrogens with one attached hydrogen (secondary N) is 2. The molecule has 35 heavy (non-hydrogen) atoms. The van der Waals surface area contributed by atoms with Crippen molar-refractivity contribution in [2.24, 2.45) is 11.1 Å². The summed E-state index contributed by atoms with van der Waals surface area (Å²) < 4.78 is 10.1. The molecule has 0 aliphatic heterocycles. The number of rotatable bonds is 11. The molecule has 0 aliphatic carbocycles. The van der Waals surface area contributed by atoms with Crippen molar-refractivity contribution in [3.63, 3.8) is 0 Å². The Morgan fingerprint density at radius 2 is 1.49 bits per heavy atom. The van der Waals surface area contributed by atoms with Gasteiger partial charge in [-0.2, -0.15) is 0 Å². The highest BCUT2D eigenvalue weighted by molar-refractivity contribution is 5.92. The average Bonchev–Trinajstić information content (AvgIpc) is 2.75. The van der Waals surface area contributed by atoms with Crippen LogP contribution < -0.4 is 16.4 Å². The van der Waals surface area contributed by atoms with Gasteiger partial charge in [0.25, 0.3) is 0 Å². The monoisotopic (exact) mass is 491 g/mol. The van der Waals surface area contributed by atoms with Gasteiger partial charge in [0.2, 0.25) is 11.8 Å². The number of hydrogen-bond donors (Lipinski definition) is 3. The lowest BCUT2D eigenvalue weighted by molar-refractivity contribution is -0.156. The van der Waals surface area contributed by atoms with Gasteiger partial charge < -0.3 is 25.8 Å². The average molecular weight is 492 g/mol. The Kier molecular flexibility index (Phi) is 11.4. The van der Waals surface area contributed by atoms with E-state index in [2.05, 4.69) is 10.6 Å². The Morgan fingerprint density at radius 1 is 0.886 bits per heavy atom. The zero-order chi connectivity index (χ0) is 26.8. The maximum atomic E-state index is 13.2. The second-order valence-electron chi connectivity index (χ2n) is 10.6. The summed E-state index contributed by atoms with van der Waals surface area (Å²) >= 11 is 0. The number of nitrogens with two attached hydrogens (primary N) is 1. The van der Waals surface area contributed by atoms with Crippen LogP contribution in [0, 0.1) is 5.41 Å². The second kappa shape index (κ2) is 13.2. The van der Waals surface area contributed by atoms with E-state index in [1.165, 1.54) is 7.11 Å². The Bertz CT molecular complexity index is 858. The van der Waals surface area contributed by atoms with E-state index in [-0.39, 0.29) is 25.2 Å². The highest BCUT2D eigenvalue weighted by Crippen LogP contribution is 2.15. The van der Waals surface area contributed by atoms with E-state index >= 15 is 0 Å². The van der Waals surface area contributed by atoms with Crippen molar-refractivity contribution in [2.45, 2.75) is 91.0 Å². The fraction of sp³-hybridized carbons (Fsp3) is 0.615. The highest BCUT2D eigenvalue weighted by atomic mass is 16.6. The lowest BCUT2D eigenvalue weighted by Crippen LogP contribution is -2.54. The van der Waals surface area contributed by atoms with Gasteiger partial charge in [0, 0.05) is 11.8 Å². The predicted molar refractivity (Wildman–Crippen MR) is 133 cm³/mol. The van der Waals surface area contributed by atoms with Gasteiger partial charge in [0.15, 0.2) is 0 Å². The van der Waals surface area contributed by atoms with Crippen LogP contribution in [0.2, 0.25) is 0 Å². The summed E-state index contributed by atoms with van der Waals surface area (Å²) in [5, 5.41) is 5.50. The number of ether oxygens (including phenoxy) is 2. The van der Waals surface area contributed by atoms with Crippen LogP contribution in [0.1, 0.15) is 66.4 Å². The third kappa shape index (κ3) is 11.4. The molecule has 4 N–H and O–H groups in total. The van der Waals surface area contributed by atoms with Crippen molar-refractivity contribution in [3.8, 4) is 0 Å². The summed E-state index contributed by atoms with van der Waals surface area (Å²) in [5.74, 6) is -1.93. The summed E-state index contributed by atoms with van der Waals surface area (Å²) in [6.45, 7) is 10.5. The molecule has 1 rings (SSSR count). The van der Waals surface area contributed by atoms with Gasteiger partial charge in [0.05, 0.1) is 7.11 Å². The number of carbonyl (C=O) groups is 4. The van der Waals surface area contributed by atoms with E-state index in [1.54, 1.807) is 41.5 Å². The molecule has 0 bridgehead atoms. The molecule has 0 saturated heterocycles. The first kappa shape index (κ1) is 30.1. The third-order valence-electron chi connectivity index (χ3n) is 5.11. The SMILES string of the molecule is COC(=O)[C@H](CCCC(N)C(=O)OC(C)(C)C)NC(=O)[C@@H](Cc1ccccc1)NC(=O)C(C)(C)C. The minimum Gasteiger partial charge on any atom is -0.467 e. The van der Waals surface area contributed by atoms with Gasteiger partial charge in [-0.25, -0.2) is 4.79 Å². The van der Waals surface area contributed by atoms with Gasteiger partial charge in [-0.05, 0) is 45.6 Å². The van der Waals surface area contributed by atoms with Crippen LogP contribution in [0.4, 0.5) is 0 Å². The molecule has 9 nitrogen and oxygen atoms in total. The number of hydrogen-bond acceptors (Lipinski definition) is 7. The van der Waals surface area contributed by atoms with Crippen molar-refractivity contribution in [2.75, 3.05) is 7.11 Å². The first-order chi connectivity index (χ1) is 16.1. The fourth-order valence-electron chi connectivity index (χ4n) is 3.13. The van der Waals surface area contributed by atoms with Crippen molar-refractivity contribution in [1.82, 2.24) is 10.6 Å². The van der Waals surface area contributed by atoms with Gasteiger partial charge in [-0.15, -0.1) is 0 Å². The molecule has 9 heteroatoms. The van der Waals surface area contributed by atoms with Crippen LogP contribution in [0.15, 0.2) is 30.3 Å². The zero-order valence-electron chi connectivity index (χ0n) is 22.0. The largest absolute Gasteiger partial charge is 0.467 e. The first-order valence-corrected chi connectivity index (χ1v) is 11.9. The molecular formula is C26H41N3O6. The number of methoxy groups -OCH3 is 1. The van der Waals surface area contributed by atoms with E-state index in [0.717, 1.165) is 5.56 Å². The molecule has 196 valence electrons. The van der Waals surface area contributed by atoms with E-state index < -0.39 is 47.0 Å². The lowest BCUT2D eigenvalue weighted by atomic mass is 9.94. The molecule has 1 unspecified atom stereocenters. The number of amides is 2. The van der Waals surface area contributed by atoms with Crippen molar-refractivity contribution in [1.29, 1.82) is 0 Å². The Hall–Kier alpha value is -2.94. The predicted octanol–water partition coefficient (Wildman–Crippen LogP) is 2.26. The van der Waals surface area contributed by atoms with Gasteiger partial charge in [0.1, 0.15) is 23.7 Å².